The maximum absolute atomic E-state index is 11.9. The topological polar surface area (TPSA) is 69.2 Å². The van der Waals surface area contributed by atoms with E-state index in [1.807, 2.05) is 13.0 Å². The molecule has 0 aromatic heterocycles. The van der Waals surface area contributed by atoms with Crippen LogP contribution in [0.2, 0.25) is 5.02 Å². The van der Waals surface area contributed by atoms with Crippen LogP contribution in [0.1, 0.15) is 12.5 Å². The highest BCUT2D eigenvalue weighted by molar-refractivity contribution is 9.10. The van der Waals surface area contributed by atoms with Gasteiger partial charge in [-0.15, -0.1) is 0 Å². The molecule has 0 saturated carbocycles. The van der Waals surface area contributed by atoms with Crippen LogP contribution in [0.4, 0.5) is 5.69 Å². The van der Waals surface area contributed by atoms with Crippen molar-refractivity contribution >= 4 is 45.3 Å². The van der Waals surface area contributed by atoms with Crippen molar-refractivity contribution in [3.05, 3.63) is 64.1 Å². The van der Waals surface area contributed by atoms with Crippen molar-refractivity contribution in [3.63, 3.8) is 0 Å². The third kappa shape index (κ3) is 6.90. The molecule has 1 N–H and O–H groups in total. The van der Waals surface area contributed by atoms with Gasteiger partial charge in [0, 0.05) is 16.3 Å². The van der Waals surface area contributed by atoms with Crippen LogP contribution in [0.3, 0.4) is 0 Å². The zero-order valence-corrected chi connectivity index (χ0v) is 17.6. The third-order valence-corrected chi connectivity index (χ3v) is 4.12. The van der Waals surface area contributed by atoms with Gasteiger partial charge in [-0.25, -0.2) is 0 Å². The Morgan fingerprint density at radius 3 is 2.71 bits per heavy atom. The van der Waals surface area contributed by atoms with E-state index in [4.69, 9.17) is 25.9 Å². The Hall–Kier alpha value is -2.51. The quantitative estimate of drug-likeness (QED) is 0.301. The highest BCUT2D eigenvalue weighted by Gasteiger charge is 2.11. The molecule has 0 heterocycles. The zero-order chi connectivity index (χ0) is 20.4. The highest BCUT2D eigenvalue weighted by atomic mass is 79.9. The van der Waals surface area contributed by atoms with Gasteiger partial charge in [0.1, 0.15) is 6.61 Å². The first-order chi connectivity index (χ1) is 13.5. The van der Waals surface area contributed by atoms with Gasteiger partial charge in [-0.05, 0) is 59.3 Å². The number of carbonyl (C=O) groups is 1. The van der Waals surface area contributed by atoms with Gasteiger partial charge < -0.3 is 19.6 Å². The molecule has 1 amide bonds. The number of carbonyl (C=O) groups excluding carboxylic acids is 1. The van der Waals surface area contributed by atoms with E-state index in [9.17, 15) is 4.79 Å². The van der Waals surface area contributed by atoms with Crippen LogP contribution in [0.5, 0.6) is 11.5 Å². The van der Waals surface area contributed by atoms with Gasteiger partial charge in [0.05, 0.1) is 17.3 Å². The van der Waals surface area contributed by atoms with Crippen molar-refractivity contribution in [2.45, 2.75) is 6.92 Å². The van der Waals surface area contributed by atoms with E-state index < -0.39 is 0 Å². The smallest absolute Gasteiger partial charge is 0.265 e. The van der Waals surface area contributed by atoms with Crippen LogP contribution < -0.4 is 14.8 Å². The van der Waals surface area contributed by atoms with Gasteiger partial charge in [0.2, 0.25) is 0 Å². The number of oxime groups is 1. The molecule has 0 aliphatic carbocycles. The summed E-state index contributed by atoms with van der Waals surface area (Å²) in [5.41, 5.74) is 1.35. The molecule has 0 atom stereocenters. The number of nitrogens with one attached hydrogen (secondary N) is 1. The predicted octanol–water partition coefficient (Wildman–Crippen LogP) is 5.06. The maximum Gasteiger partial charge on any atom is 0.265 e. The Kier molecular flexibility index (Phi) is 8.84. The fourth-order valence-corrected chi connectivity index (χ4v) is 2.83. The third-order valence-electron chi connectivity index (χ3n) is 3.28. The molecule has 2 aromatic carbocycles. The Morgan fingerprint density at radius 1 is 1.29 bits per heavy atom. The molecule has 2 aromatic rings. The second-order valence-electron chi connectivity index (χ2n) is 5.43. The summed E-state index contributed by atoms with van der Waals surface area (Å²) in [6.45, 7) is 6.14. The van der Waals surface area contributed by atoms with Gasteiger partial charge in [0.15, 0.2) is 18.1 Å². The van der Waals surface area contributed by atoms with Gasteiger partial charge in [0.25, 0.3) is 5.91 Å². The number of hydrogen-bond acceptors (Lipinski definition) is 5. The Morgan fingerprint density at radius 2 is 2.04 bits per heavy atom. The summed E-state index contributed by atoms with van der Waals surface area (Å²) >= 11 is 9.26. The lowest BCUT2D eigenvalue weighted by Gasteiger charge is -2.13. The highest BCUT2D eigenvalue weighted by Crippen LogP contribution is 2.36. The minimum Gasteiger partial charge on any atom is -0.490 e. The minimum atomic E-state index is -0.330. The van der Waals surface area contributed by atoms with Gasteiger partial charge >= 0.3 is 0 Å². The van der Waals surface area contributed by atoms with Crippen molar-refractivity contribution in [1.82, 2.24) is 0 Å². The molecule has 6 nitrogen and oxygen atoms in total. The summed E-state index contributed by atoms with van der Waals surface area (Å²) in [7, 11) is 0. The lowest BCUT2D eigenvalue weighted by molar-refractivity contribution is -0.120. The molecule has 0 aliphatic rings. The van der Waals surface area contributed by atoms with E-state index in [1.54, 1.807) is 36.4 Å². The molecule has 0 bridgehead atoms. The molecule has 0 spiro atoms. The first kappa shape index (κ1) is 21.8. The molecule has 0 fully saturated rings. The average Bonchev–Trinajstić information content (AvgIpc) is 2.67. The molecule has 0 unspecified atom stereocenters. The number of amides is 1. The summed E-state index contributed by atoms with van der Waals surface area (Å²) in [4.78, 5) is 16.9. The summed E-state index contributed by atoms with van der Waals surface area (Å²) in [6.07, 6.45) is 3.14. The largest absolute Gasteiger partial charge is 0.490 e. The number of benzene rings is 2. The number of halogens is 2. The second kappa shape index (κ2) is 11.4. The van der Waals surface area contributed by atoms with Crippen LogP contribution in [0, 0.1) is 0 Å². The van der Waals surface area contributed by atoms with Crippen molar-refractivity contribution in [2.24, 2.45) is 5.16 Å². The fourth-order valence-electron chi connectivity index (χ4n) is 2.13. The first-order valence-corrected chi connectivity index (χ1v) is 9.61. The van der Waals surface area contributed by atoms with Crippen molar-refractivity contribution in [3.8, 4) is 11.5 Å². The predicted molar refractivity (Wildman–Crippen MR) is 115 cm³/mol. The normalized spacial score (nSPS) is 10.5. The van der Waals surface area contributed by atoms with E-state index >= 15 is 0 Å². The van der Waals surface area contributed by atoms with E-state index in [0.717, 1.165) is 5.56 Å². The Bertz CT molecular complexity index is 841. The molecule has 28 heavy (non-hydrogen) atoms. The molecule has 0 radical (unpaired) electrons. The summed E-state index contributed by atoms with van der Waals surface area (Å²) in [5.74, 6) is 0.826. The van der Waals surface area contributed by atoms with E-state index in [-0.39, 0.29) is 12.5 Å². The molecule has 148 valence electrons. The number of rotatable bonds is 10. The SMILES string of the molecule is C=CCOc1c(Br)cc(C=NOCC(=O)Nc2ccc(Cl)cc2)cc1OCC. The lowest BCUT2D eigenvalue weighted by atomic mass is 10.2. The monoisotopic (exact) mass is 466 g/mol. The van der Waals surface area contributed by atoms with Gasteiger partial charge in [-0.1, -0.05) is 29.4 Å². The van der Waals surface area contributed by atoms with E-state index in [2.05, 4.69) is 33.0 Å². The summed E-state index contributed by atoms with van der Waals surface area (Å²) in [6, 6.07) is 10.4. The van der Waals surface area contributed by atoms with Crippen LogP contribution in [0.25, 0.3) is 0 Å². The van der Waals surface area contributed by atoms with Crippen molar-refractivity contribution in [2.75, 3.05) is 25.1 Å². The van der Waals surface area contributed by atoms with Crippen molar-refractivity contribution < 1.29 is 19.1 Å². The second-order valence-corrected chi connectivity index (χ2v) is 6.72. The van der Waals surface area contributed by atoms with Crippen molar-refractivity contribution in [1.29, 1.82) is 0 Å². The van der Waals surface area contributed by atoms with E-state index in [1.165, 1.54) is 6.21 Å². The number of hydrogen-bond donors (Lipinski definition) is 1. The Balaban J connectivity index is 1.94. The first-order valence-electron chi connectivity index (χ1n) is 8.44. The molecule has 2 rings (SSSR count). The molecule has 0 saturated heterocycles. The van der Waals surface area contributed by atoms with Gasteiger partial charge in [-0.3, -0.25) is 4.79 Å². The average molecular weight is 468 g/mol. The molecular formula is C20H20BrClN2O4. The number of nitrogens with zero attached hydrogens (tertiary/aromatic N) is 1. The number of anilines is 1. The van der Waals surface area contributed by atoms with Gasteiger partial charge in [-0.2, -0.15) is 0 Å². The lowest BCUT2D eigenvalue weighted by Crippen LogP contribution is -2.16. The maximum atomic E-state index is 11.9. The summed E-state index contributed by atoms with van der Waals surface area (Å²) in [5, 5.41) is 7.11. The van der Waals surface area contributed by atoms with Crippen LogP contribution >= 0.6 is 27.5 Å². The molecule has 8 heteroatoms. The zero-order valence-electron chi connectivity index (χ0n) is 15.3. The number of ether oxygens (including phenoxy) is 2. The standard InChI is InChI=1S/C20H20BrClN2O4/c1-3-9-27-20-17(21)10-14(11-18(20)26-4-2)12-23-28-13-19(25)24-16-7-5-15(22)6-8-16/h3,5-8,10-12H,1,4,9,13H2,2H3,(H,24,25). The summed E-state index contributed by atoms with van der Waals surface area (Å²) < 4.78 is 11.9. The van der Waals surface area contributed by atoms with Crippen LogP contribution in [0.15, 0.2) is 58.7 Å². The Labute approximate surface area is 177 Å². The van der Waals surface area contributed by atoms with Crippen LogP contribution in [-0.2, 0) is 9.63 Å². The van der Waals surface area contributed by atoms with Crippen LogP contribution in [-0.4, -0.2) is 31.9 Å². The van der Waals surface area contributed by atoms with E-state index in [0.29, 0.717) is 39.9 Å². The fraction of sp³-hybridized carbons (Fsp3) is 0.200. The molecule has 0 aliphatic heterocycles. The minimum absolute atomic E-state index is 0.223. The molecular weight excluding hydrogens is 448 g/mol.